The minimum absolute atomic E-state index is 0.256. The third-order valence-corrected chi connectivity index (χ3v) is 5.30. The smallest absolute Gasteiger partial charge is 0.138 e. The Bertz CT molecular complexity index is 833. The number of nitrogens with zero attached hydrogens (tertiary/aromatic N) is 6. The van der Waals surface area contributed by atoms with Crippen molar-refractivity contribution in [3.63, 3.8) is 0 Å². The summed E-state index contributed by atoms with van der Waals surface area (Å²) >= 11 is 0. The molecule has 0 N–H and O–H groups in total. The fourth-order valence-corrected chi connectivity index (χ4v) is 3.05. The van der Waals surface area contributed by atoms with Crippen LogP contribution in [0.5, 0.6) is 0 Å². The van der Waals surface area contributed by atoms with Gasteiger partial charge in [0.05, 0.1) is 38.8 Å². The largest absolute Gasteiger partial charge is 0.373 e. The lowest BCUT2D eigenvalue weighted by atomic mass is 9.88. The summed E-state index contributed by atoms with van der Waals surface area (Å²) in [5, 5.41) is 16.4. The first-order chi connectivity index (χ1) is 15.9. The van der Waals surface area contributed by atoms with Gasteiger partial charge in [-0.15, -0.1) is 10.2 Å². The van der Waals surface area contributed by atoms with Gasteiger partial charge < -0.3 is 9.47 Å². The molecule has 0 aliphatic rings. The number of aryl methyl sites for hydroxylation is 2. The zero-order valence-electron chi connectivity index (χ0n) is 21.5. The van der Waals surface area contributed by atoms with Crippen LogP contribution in [0.25, 0.3) is 0 Å². The summed E-state index contributed by atoms with van der Waals surface area (Å²) in [6.45, 7) is 14.5. The summed E-state index contributed by atoms with van der Waals surface area (Å²) in [5.74, 6) is 0.512. The number of ketones is 2. The van der Waals surface area contributed by atoms with E-state index in [2.05, 4.69) is 20.6 Å². The topological polar surface area (TPSA) is 114 Å². The Morgan fingerprint density at radius 2 is 1.12 bits per heavy atom. The lowest BCUT2D eigenvalue weighted by Crippen LogP contribution is -2.20. The molecule has 0 radical (unpaired) electrons. The van der Waals surface area contributed by atoms with Crippen LogP contribution in [0.4, 0.5) is 0 Å². The van der Waals surface area contributed by atoms with Crippen molar-refractivity contribution in [2.75, 3.05) is 13.2 Å². The van der Waals surface area contributed by atoms with Gasteiger partial charge in [0, 0.05) is 36.8 Å². The van der Waals surface area contributed by atoms with Gasteiger partial charge in [0.1, 0.15) is 23.0 Å². The molecule has 2 aromatic rings. The molecule has 190 valence electrons. The molecule has 0 amide bonds. The van der Waals surface area contributed by atoms with Crippen molar-refractivity contribution in [3.05, 3.63) is 23.8 Å². The van der Waals surface area contributed by atoms with E-state index in [1.54, 1.807) is 9.36 Å². The van der Waals surface area contributed by atoms with E-state index < -0.39 is 0 Å². The molecule has 0 fully saturated rings. The van der Waals surface area contributed by atoms with Gasteiger partial charge in [0.2, 0.25) is 0 Å². The van der Waals surface area contributed by atoms with Gasteiger partial charge in [-0.25, -0.2) is 0 Å². The van der Waals surface area contributed by atoms with Crippen molar-refractivity contribution >= 4 is 11.6 Å². The molecular weight excluding hydrogens is 436 g/mol. The quantitative estimate of drug-likeness (QED) is 0.359. The number of carbonyl (C=O) groups excluding carboxylic acids is 2. The lowest BCUT2D eigenvalue weighted by Gasteiger charge is -2.15. The zero-order valence-corrected chi connectivity index (χ0v) is 21.5. The first kappa shape index (κ1) is 27.8. The summed E-state index contributed by atoms with van der Waals surface area (Å²) in [7, 11) is 0. The second kappa shape index (κ2) is 12.9. The Hall–Kier alpha value is -2.46. The summed E-state index contributed by atoms with van der Waals surface area (Å²) in [6.07, 6.45) is 6.25. The number of aromatic nitrogens is 6. The molecule has 0 aromatic carbocycles. The molecule has 2 heterocycles. The molecule has 0 atom stereocenters. The van der Waals surface area contributed by atoms with E-state index in [0.717, 1.165) is 24.2 Å². The van der Waals surface area contributed by atoms with E-state index in [1.165, 1.54) is 0 Å². The highest BCUT2D eigenvalue weighted by atomic mass is 16.5. The normalized spacial score (nSPS) is 12.3. The summed E-state index contributed by atoms with van der Waals surface area (Å²) < 4.78 is 14.7. The number of rotatable bonds is 15. The monoisotopic (exact) mass is 476 g/mol. The fraction of sp³-hybridized carbons (Fsp3) is 0.750. The fourth-order valence-electron chi connectivity index (χ4n) is 3.05. The van der Waals surface area contributed by atoms with E-state index in [4.69, 9.17) is 9.47 Å². The zero-order chi connectivity index (χ0) is 25.2. The second-order valence-electron chi connectivity index (χ2n) is 10.6. The van der Waals surface area contributed by atoms with Crippen LogP contribution in [-0.2, 0) is 45.4 Å². The molecule has 0 saturated carbocycles. The molecule has 10 nitrogen and oxygen atoms in total. The van der Waals surface area contributed by atoms with Crippen LogP contribution in [0.2, 0.25) is 0 Å². The Labute approximate surface area is 202 Å². The maximum Gasteiger partial charge on any atom is 0.138 e. The minimum Gasteiger partial charge on any atom is -0.373 e. The van der Waals surface area contributed by atoms with E-state index in [9.17, 15) is 9.59 Å². The summed E-state index contributed by atoms with van der Waals surface area (Å²) in [5.41, 5.74) is 0.895. The van der Waals surface area contributed by atoms with Crippen LogP contribution < -0.4 is 0 Å². The maximum atomic E-state index is 12.0. The average molecular weight is 477 g/mol. The van der Waals surface area contributed by atoms with Crippen molar-refractivity contribution in [1.29, 1.82) is 0 Å². The molecule has 0 spiro atoms. The Morgan fingerprint density at radius 1 is 0.735 bits per heavy atom. The van der Waals surface area contributed by atoms with E-state index in [0.29, 0.717) is 52.4 Å². The van der Waals surface area contributed by atoms with Crippen LogP contribution in [0, 0.1) is 10.8 Å². The second-order valence-corrected chi connectivity index (χ2v) is 10.6. The molecule has 2 rings (SSSR count). The van der Waals surface area contributed by atoms with Crippen LogP contribution in [0.3, 0.4) is 0 Å². The van der Waals surface area contributed by atoms with Crippen molar-refractivity contribution in [1.82, 2.24) is 30.0 Å². The number of hydrogen-bond donors (Lipinski definition) is 0. The average Bonchev–Trinajstić information content (AvgIpc) is 3.38. The van der Waals surface area contributed by atoms with Crippen LogP contribution in [-0.4, -0.2) is 54.8 Å². The summed E-state index contributed by atoms with van der Waals surface area (Å²) in [4.78, 5) is 24.0. The lowest BCUT2D eigenvalue weighted by molar-refractivity contribution is -0.127. The Morgan fingerprint density at radius 3 is 1.47 bits per heavy atom. The molecule has 34 heavy (non-hydrogen) atoms. The molecule has 10 heteroatoms. The van der Waals surface area contributed by atoms with Crippen LogP contribution in [0.1, 0.15) is 78.6 Å². The van der Waals surface area contributed by atoms with Gasteiger partial charge in [0.25, 0.3) is 0 Å². The van der Waals surface area contributed by atoms with Gasteiger partial charge >= 0.3 is 0 Å². The SMILES string of the molecule is CC(C)(C)C(=O)CCCn1cc(COCCOCc2cn(CCCC(=O)C(C)(C)C)nn2)nn1. The van der Waals surface area contributed by atoms with Crippen LogP contribution >= 0.6 is 0 Å². The van der Waals surface area contributed by atoms with Crippen molar-refractivity contribution in [2.24, 2.45) is 10.8 Å². The van der Waals surface area contributed by atoms with Gasteiger partial charge in [0.15, 0.2) is 0 Å². The Balaban J connectivity index is 1.55. The van der Waals surface area contributed by atoms with Crippen molar-refractivity contribution in [2.45, 2.75) is 93.5 Å². The molecule has 0 aliphatic heterocycles. The van der Waals surface area contributed by atoms with Crippen molar-refractivity contribution < 1.29 is 19.1 Å². The van der Waals surface area contributed by atoms with Gasteiger partial charge in [-0.2, -0.15) is 0 Å². The predicted molar refractivity (Wildman–Crippen MR) is 127 cm³/mol. The van der Waals surface area contributed by atoms with Gasteiger partial charge in [-0.3, -0.25) is 19.0 Å². The molecule has 0 bridgehead atoms. The number of ether oxygens (including phenoxy) is 2. The summed E-state index contributed by atoms with van der Waals surface area (Å²) in [6, 6.07) is 0. The third-order valence-electron chi connectivity index (χ3n) is 5.30. The molecule has 0 aliphatic carbocycles. The molecule has 2 aromatic heterocycles. The highest BCUT2D eigenvalue weighted by Crippen LogP contribution is 2.18. The van der Waals surface area contributed by atoms with E-state index in [1.807, 2.05) is 53.9 Å². The van der Waals surface area contributed by atoms with E-state index >= 15 is 0 Å². The number of hydrogen-bond acceptors (Lipinski definition) is 8. The first-order valence-electron chi connectivity index (χ1n) is 12.0. The molecule has 0 saturated heterocycles. The van der Waals surface area contributed by atoms with Crippen LogP contribution in [0.15, 0.2) is 12.4 Å². The minimum atomic E-state index is -0.298. The standard InChI is InChI=1S/C24H40N6O4/c1-23(2,3)21(31)9-7-11-29-15-19(25-27-29)17-33-13-14-34-18-20-16-30(28-26-20)12-8-10-22(32)24(4,5)6/h15-16H,7-14,17-18H2,1-6H3. The molecular formula is C24H40N6O4. The first-order valence-corrected chi connectivity index (χ1v) is 12.0. The molecule has 0 unspecified atom stereocenters. The van der Waals surface area contributed by atoms with E-state index in [-0.39, 0.29) is 22.4 Å². The Kier molecular flexibility index (Phi) is 10.5. The maximum absolute atomic E-state index is 12.0. The van der Waals surface area contributed by atoms with Crippen molar-refractivity contribution in [3.8, 4) is 0 Å². The van der Waals surface area contributed by atoms with Gasteiger partial charge in [-0.1, -0.05) is 52.0 Å². The van der Waals surface area contributed by atoms with Gasteiger partial charge in [-0.05, 0) is 12.8 Å². The number of carbonyl (C=O) groups is 2. The highest BCUT2D eigenvalue weighted by Gasteiger charge is 2.21. The number of Topliss-reactive ketones (excluding diaryl/α,β-unsaturated/α-hetero) is 2. The third kappa shape index (κ3) is 10.2. The highest BCUT2D eigenvalue weighted by molar-refractivity contribution is 5.83. The predicted octanol–water partition coefficient (Wildman–Crippen LogP) is 3.39.